The highest BCUT2D eigenvalue weighted by Gasteiger charge is 2.23. The Bertz CT molecular complexity index is 2460. The molecule has 0 spiro atoms. The number of likely N-dealkylation sites (N-methyl/N-ethyl adjacent to an activating group) is 1. The molecule has 5 N–H and O–H groups in total. The van der Waals surface area contributed by atoms with Gasteiger partial charge in [-0.25, -0.2) is 18.2 Å². The van der Waals surface area contributed by atoms with Crippen LogP contribution < -0.4 is 40.2 Å². The molecule has 0 saturated carbocycles. The number of hydrogen-bond donors (Lipinski definition) is 5. The van der Waals surface area contributed by atoms with Gasteiger partial charge in [-0.15, -0.1) is 0 Å². The van der Waals surface area contributed by atoms with Gasteiger partial charge >= 0.3 is 6.03 Å². The molecule has 15 nitrogen and oxygen atoms in total. The van der Waals surface area contributed by atoms with E-state index >= 15 is 0 Å². The predicted molar refractivity (Wildman–Crippen MR) is 238 cm³/mol. The van der Waals surface area contributed by atoms with Crippen LogP contribution in [0.1, 0.15) is 43.1 Å². The zero-order valence-corrected chi connectivity index (χ0v) is 36.0. The fourth-order valence-corrected chi connectivity index (χ4v) is 7.47. The smallest absolute Gasteiger partial charge is 0.323 e. The number of benzene rings is 4. The van der Waals surface area contributed by atoms with E-state index < -0.39 is 16.1 Å². The molecule has 1 aromatic heterocycles. The lowest BCUT2D eigenvalue weighted by molar-refractivity contribution is 0.0945. The first-order valence-corrected chi connectivity index (χ1v) is 21.6. The molecule has 3 amide bonds. The van der Waals surface area contributed by atoms with E-state index in [-0.39, 0.29) is 22.8 Å². The number of nitrogens with one attached hydrogen (secondary N) is 5. The summed E-state index contributed by atoms with van der Waals surface area (Å²) in [5.41, 5.74) is 2.55. The molecule has 1 saturated heterocycles. The van der Waals surface area contributed by atoms with Crippen molar-refractivity contribution >= 4 is 61.3 Å². The maximum absolute atomic E-state index is 13.5. The van der Waals surface area contributed by atoms with Gasteiger partial charge in [0, 0.05) is 61.0 Å². The van der Waals surface area contributed by atoms with Crippen molar-refractivity contribution in [3.63, 3.8) is 0 Å². The van der Waals surface area contributed by atoms with Crippen LogP contribution in [0.25, 0.3) is 10.8 Å². The lowest BCUT2D eigenvalue weighted by Gasteiger charge is -2.24. The van der Waals surface area contributed by atoms with Crippen LogP contribution in [0.3, 0.4) is 0 Å². The van der Waals surface area contributed by atoms with Crippen molar-refractivity contribution < 1.29 is 32.2 Å². The average Bonchev–Trinajstić information content (AvgIpc) is 3.41. The molecule has 1 aliphatic heterocycles. The number of amides is 3. The lowest BCUT2D eigenvalue weighted by atomic mass is 9.86. The number of urea groups is 1. The van der Waals surface area contributed by atoms with Crippen LogP contribution in [0.15, 0.2) is 85.1 Å². The maximum atomic E-state index is 13.5. The molecule has 0 aliphatic carbocycles. The standard InChI is InChI=1S/C44H54N8O7S/c1-44(2,3)29-25-36(41(58-6)37(26-29)50-60(7,55)56)49-43(54)48-35-15-16-38(33-12-9-8-11-32(33)35)59-31-17-18-45-40(28-31)47-30-13-14-34(39(27-30)57-5)42(53)46-19-22-52-21-10-20-51(4)23-24-52/h8-9,11-18,25-28,50H,10,19-24H2,1-7H3,(H,45,47)(H,46,53)(H2,48,49,54). The number of hydrogen-bond acceptors (Lipinski definition) is 11. The zero-order chi connectivity index (χ0) is 43.0. The third kappa shape index (κ3) is 11.3. The Morgan fingerprint density at radius 1 is 0.817 bits per heavy atom. The number of methoxy groups -OCH3 is 2. The zero-order valence-electron chi connectivity index (χ0n) is 35.1. The normalized spacial score (nSPS) is 13.8. The minimum atomic E-state index is -3.64. The molecule has 1 aliphatic rings. The molecule has 5 aromatic rings. The van der Waals surface area contributed by atoms with E-state index in [1.807, 2.05) is 45.0 Å². The summed E-state index contributed by atoms with van der Waals surface area (Å²) in [6.07, 6.45) is 3.80. The molecular weight excluding hydrogens is 785 g/mol. The van der Waals surface area contributed by atoms with E-state index in [0.717, 1.165) is 61.7 Å². The Labute approximate surface area is 351 Å². The van der Waals surface area contributed by atoms with Gasteiger partial charge in [-0.2, -0.15) is 0 Å². The van der Waals surface area contributed by atoms with Gasteiger partial charge in [0.15, 0.2) is 5.75 Å². The third-order valence-corrected chi connectivity index (χ3v) is 10.6. The van der Waals surface area contributed by atoms with E-state index in [1.54, 1.807) is 60.8 Å². The third-order valence-electron chi connectivity index (χ3n) is 10.0. The van der Waals surface area contributed by atoms with Gasteiger partial charge in [0.2, 0.25) is 10.0 Å². The van der Waals surface area contributed by atoms with Gasteiger partial charge in [0.1, 0.15) is 23.1 Å². The van der Waals surface area contributed by atoms with Gasteiger partial charge in [0.25, 0.3) is 5.91 Å². The second-order valence-corrected chi connectivity index (χ2v) is 17.5. The molecule has 6 rings (SSSR count). The van der Waals surface area contributed by atoms with E-state index in [1.165, 1.54) is 14.2 Å². The molecule has 4 aromatic carbocycles. The SMILES string of the molecule is COc1cc(Nc2cc(Oc3ccc(NC(=O)Nc4cc(C(C)(C)C)cc(NS(C)(=O)=O)c4OC)c4ccccc34)ccn2)ccc1C(=O)NCCN1CCCN(C)CC1. The number of ether oxygens (including phenoxy) is 3. The maximum Gasteiger partial charge on any atom is 0.323 e. The van der Waals surface area contributed by atoms with Gasteiger partial charge < -0.3 is 45.3 Å². The first-order chi connectivity index (χ1) is 28.6. The summed E-state index contributed by atoms with van der Waals surface area (Å²) in [5, 5.41) is 13.5. The molecule has 1 fully saturated rings. The number of nitrogens with zero attached hydrogens (tertiary/aromatic N) is 3. The minimum absolute atomic E-state index is 0.171. The number of carbonyl (C=O) groups is 2. The summed E-state index contributed by atoms with van der Waals surface area (Å²) in [4.78, 5) is 35.8. The van der Waals surface area contributed by atoms with E-state index in [0.29, 0.717) is 52.2 Å². The molecule has 0 radical (unpaired) electrons. The van der Waals surface area contributed by atoms with Crippen LogP contribution in [0.2, 0.25) is 0 Å². The fraction of sp³-hybridized carbons (Fsp3) is 0.341. The molecule has 0 bridgehead atoms. The summed E-state index contributed by atoms with van der Waals surface area (Å²) < 4.78 is 44.4. The van der Waals surface area contributed by atoms with Gasteiger partial charge in [-0.1, -0.05) is 45.0 Å². The Hall–Kier alpha value is -6.10. The molecule has 2 heterocycles. The van der Waals surface area contributed by atoms with E-state index in [9.17, 15) is 18.0 Å². The summed E-state index contributed by atoms with van der Waals surface area (Å²) in [6, 6.07) is 22.7. The highest BCUT2D eigenvalue weighted by Crippen LogP contribution is 2.40. The van der Waals surface area contributed by atoms with E-state index in [2.05, 4.69) is 47.8 Å². The number of pyridine rings is 1. The topological polar surface area (TPSA) is 175 Å². The Morgan fingerprint density at radius 2 is 1.57 bits per heavy atom. The molecule has 60 heavy (non-hydrogen) atoms. The quantitative estimate of drug-likeness (QED) is 0.0751. The van der Waals surface area contributed by atoms with Gasteiger partial charge in [-0.05, 0) is 80.0 Å². The Morgan fingerprint density at radius 3 is 2.30 bits per heavy atom. The second kappa shape index (κ2) is 18.9. The van der Waals surface area contributed by atoms with E-state index in [4.69, 9.17) is 14.2 Å². The summed E-state index contributed by atoms with van der Waals surface area (Å²) in [6.45, 7) is 11.4. The molecule has 0 atom stereocenters. The predicted octanol–water partition coefficient (Wildman–Crippen LogP) is 7.47. The molecular formula is C44H54N8O7S. The van der Waals surface area contributed by atoms with Crippen molar-refractivity contribution in [2.45, 2.75) is 32.6 Å². The van der Waals surface area contributed by atoms with Crippen LogP contribution in [-0.4, -0.2) is 102 Å². The highest BCUT2D eigenvalue weighted by atomic mass is 32.2. The summed E-state index contributed by atoms with van der Waals surface area (Å²) in [7, 11) is 1.44. The number of aromatic nitrogens is 1. The van der Waals surface area contributed by atoms with Crippen molar-refractivity contribution in [3.8, 4) is 23.0 Å². The van der Waals surface area contributed by atoms with Crippen molar-refractivity contribution in [2.24, 2.45) is 0 Å². The molecule has 318 valence electrons. The first kappa shape index (κ1) is 43.5. The average molecular weight is 839 g/mol. The summed E-state index contributed by atoms with van der Waals surface area (Å²) >= 11 is 0. The molecule has 0 unspecified atom stereocenters. The largest absolute Gasteiger partial charge is 0.496 e. The van der Waals surface area contributed by atoms with Crippen molar-refractivity contribution in [3.05, 3.63) is 96.2 Å². The summed E-state index contributed by atoms with van der Waals surface area (Å²) in [5.74, 6) is 1.97. The van der Waals surface area contributed by atoms with Crippen LogP contribution in [0.4, 0.5) is 33.4 Å². The van der Waals surface area contributed by atoms with Gasteiger partial charge in [0.05, 0.1) is 43.1 Å². The van der Waals surface area contributed by atoms with Crippen molar-refractivity contribution in [1.82, 2.24) is 20.1 Å². The first-order valence-electron chi connectivity index (χ1n) is 19.7. The van der Waals surface area contributed by atoms with Crippen LogP contribution >= 0.6 is 0 Å². The van der Waals surface area contributed by atoms with Crippen LogP contribution in [0, 0.1) is 0 Å². The van der Waals surface area contributed by atoms with Crippen molar-refractivity contribution in [2.75, 3.05) is 87.5 Å². The molecule has 16 heteroatoms. The second-order valence-electron chi connectivity index (χ2n) is 15.7. The van der Waals surface area contributed by atoms with Crippen molar-refractivity contribution in [1.29, 1.82) is 0 Å². The Kier molecular flexibility index (Phi) is 13.7. The van der Waals surface area contributed by atoms with Crippen LogP contribution in [-0.2, 0) is 15.4 Å². The minimum Gasteiger partial charge on any atom is -0.496 e. The fourth-order valence-electron chi connectivity index (χ4n) is 6.92. The number of rotatable bonds is 14. The monoisotopic (exact) mass is 838 g/mol. The number of fused-ring (bicyclic) bond motifs is 1. The van der Waals surface area contributed by atoms with Crippen LogP contribution in [0.5, 0.6) is 23.0 Å². The Balaban J connectivity index is 1.13. The lowest BCUT2D eigenvalue weighted by Crippen LogP contribution is -2.37. The number of carbonyl (C=O) groups excluding carboxylic acids is 2. The highest BCUT2D eigenvalue weighted by molar-refractivity contribution is 7.92. The number of sulfonamides is 1. The van der Waals surface area contributed by atoms with Gasteiger partial charge in [-0.3, -0.25) is 9.52 Å². The number of anilines is 5.